The van der Waals surface area contributed by atoms with Gasteiger partial charge in [0.1, 0.15) is 10.7 Å². The fourth-order valence-electron chi connectivity index (χ4n) is 2.60. The van der Waals surface area contributed by atoms with E-state index < -0.39 is 25.1 Å². The van der Waals surface area contributed by atoms with Crippen molar-refractivity contribution in [1.29, 1.82) is 0 Å². The zero-order valence-corrected chi connectivity index (χ0v) is 17.0. The summed E-state index contributed by atoms with van der Waals surface area (Å²) in [6.45, 7) is 0. The van der Waals surface area contributed by atoms with Gasteiger partial charge in [0.2, 0.25) is 10.0 Å². The molecule has 0 fully saturated rings. The van der Waals surface area contributed by atoms with E-state index in [-0.39, 0.29) is 16.4 Å². The van der Waals surface area contributed by atoms with Crippen LogP contribution in [-0.2, 0) is 10.0 Å². The molecule has 3 aromatic rings. The van der Waals surface area contributed by atoms with E-state index in [4.69, 9.17) is 0 Å². The average molecular weight is 465 g/mol. The molecule has 0 spiro atoms. The normalized spacial score (nSPS) is 14.6. The van der Waals surface area contributed by atoms with Gasteiger partial charge in [-0.3, -0.25) is 0 Å². The van der Waals surface area contributed by atoms with E-state index in [9.17, 15) is 27.8 Å². The molecule has 0 saturated heterocycles. The van der Waals surface area contributed by atoms with Gasteiger partial charge in [-0.15, -0.1) is 0 Å². The first-order valence-corrected chi connectivity index (χ1v) is 11.7. The number of pyridine rings is 1. The standard InChI is InChI=1S/C18H16F5N3O2S2/c1-24-29(27,28)15-8-4-13(5-9-15)17-3-2-12-25-18(17)26-14-6-10-16(11-7-14)30(19,20,21,22)23/h2-12,24H,1H3,(H,25,26). The highest BCUT2D eigenvalue weighted by Gasteiger charge is 2.65. The molecule has 0 radical (unpaired) electrons. The lowest BCUT2D eigenvalue weighted by Crippen LogP contribution is -2.18. The minimum atomic E-state index is -9.74. The third kappa shape index (κ3) is 4.89. The van der Waals surface area contributed by atoms with Crippen LogP contribution in [0.2, 0.25) is 0 Å². The average Bonchev–Trinajstić information content (AvgIpc) is 2.67. The maximum absolute atomic E-state index is 12.9. The Morgan fingerprint density at radius 3 is 2.00 bits per heavy atom. The molecule has 1 heterocycles. The SMILES string of the molecule is CNS(=O)(=O)c1ccc(-c2cccnc2Nc2ccc(S(F)(F)(F)(F)F)cc2)cc1. The van der Waals surface area contributed by atoms with Gasteiger partial charge < -0.3 is 5.32 Å². The number of anilines is 2. The van der Waals surface area contributed by atoms with Crippen molar-refractivity contribution in [3.63, 3.8) is 0 Å². The summed E-state index contributed by atoms with van der Waals surface area (Å²) in [5.74, 6) is 0.252. The molecule has 162 valence electrons. The first-order chi connectivity index (χ1) is 13.7. The molecule has 0 atom stereocenters. The van der Waals surface area contributed by atoms with Crippen molar-refractivity contribution in [3.8, 4) is 11.1 Å². The van der Waals surface area contributed by atoms with Crippen molar-refractivity contribution in [2.45, 2.75) is 9.79 Å². The quantitative estimate of drug-likeness (QED) is 0.434. The number of benzene rings is 2. The Hall–Kier alpha value is -2.70. The largest absolute Gasteiger partial charge is 0.340 e. The highest BCUT2D eigenvalue weighted by Crippen LogP contribution is 3.02. The molecule has 3 rings (SSSR count). The number of sulfonamides is 1. The Bertz CT molecular complexity index is 1180. The minimum absolute atomic E-state index is 0.0544. The van der Waals surface area contributed by atoms with Crippen LogP contribution in [0.4, 0.5) is 30.9 Å². The Labute approximate surface area is 169 Å². The lowest BCUT2D eigenvalue weighted by Gasteiger charge is -2.40. The molecule has 12 heteroatoms. The van der Waals surface area contributed by atoms with Gasteiger partial charge in [-0.2, -0.15) is 0 Å². The molecular weight excluding hydrogens is 449 g/mol. The van der Waals surface area contributed by atoms with Crippen molar-refractivity contribution < 1.29 is 27.8 Å². The fraction of sp³-hybridized carbons (Fsp3) is 0.0556. The smallest absolute Gasteiger partial charge is 0.310 e. The van der Waals surface area contributed by atoms with Gasteiger partial charge in [0, 0.05) is 17.4 Å². The van der Waals surface area contributed by atoms with Gasteiger partial charge in [-0.1, -0.05) is 31.6 Å². The molecule has 2 aromatic carbocycles. The molecule has 0 bridgehead atoms. The molecule has 0 saturated carbocycles. The molecule has 0 amide bonds. The Balaban J connectivity index is 1.92. The van der Waals surface area contributed by atoms with Crippen LogP contribution in [0.25, 0.3) is 11.1 Å². The summed E-state index contributed by atoms with van der Waals surface area (Å²) in [6.07, 6.45) is 1.44. The summed E-state index contributed by atoms with van der Waals surface area (Å²) in [6, 6.07) is 11.5. The predicted octanol–water partition coefficient (Wildman–Crippen LogP) is 6.06. The first kappa shape index (κ1) is 22.0. The first-order valence-electron chi connectivity index (χ1n) is 8.30. The summed E-state index contributed by atoms with van der Waals surface area (Å²) in [4.78, 5) is 2.20. The van der Waals surface area contributed by atoms with Crippen LogP contribution in [0, 0.1) is 0 Å². The van der Waals surface area contributed by atoms with Crippen LogP contribution in [0.3, 0.4) is 0 Å². The molecule has 2 N–H and O–H groups in total. The lowest BCUT2D eigenvalue weighted by molar-refractivity contribution is 0.364. The third-order valence-electron chi connectivity index (χ3n) is 4.11. The van der Waals surface area contributed by atoms with Crippen molar-refractivity contribution in [1.82, 2.24) is 9.71 Å². The van der Waals surface area contributed by atoms with Crippen LogP contribution >= 0.6 is 10.2 Å². The van der Waals surface area contributed by atoms with E-state index in [1.165, 1.54) is 25.4 Å². The third-order valence-corrected chi connectivity index (χ3v) is 6.71. The van der Waals surface area contributed by atoms with Crippen LogP contribution in [0.5, 0.6) is 0 Å². The zero-order valence-electron chi connectivity index (χ0n) is 15.3. The number of aromatic nitrogens is 1. The van der Waals surface area contributed by atoms with E-state index in [1.54, 1.807) is 24.3 Å². The number of hydrogen-bond acceptors (Lipinski definition) is 4. The molecule has 5 nitrogen and oxygen atoms in total. The fourth-order valence-corrected chi connectivity index (χ4v) is 3.98. The molecule has 0 aliphatic heterocycles. The summed E-state index contributed by atoms with van der Waals surface area (Å²) in [7, 11) is -12.1. The van der Waals surface area contributed by atoms with Crippen LogP contribution in [0.1, 0.15) is 0 Å². The predicted molar refractivity (Wildman–Crippen MR) is 107 cm³/mol. The minimum Gasteiger partial charge on any atom is -0.340 e. The summed E-state index contributed by atoms with van der Waals surface area (Å²) >= 11 is 0. The van der Waals surface area contributed by atoms with E-state index in [0.29, 0.717) is 23.3 Å². The monoisotopic (exact) mass is 465 g/mol. The molecule has 0 aliphatic carbocycles. The van der Waals surface area contributed by atoms with E-state index in [2.05, 4.69) is 15.0 Å². The van der Waals surface area contributed by atoms with E-state index in [1.807, 2.05) is 0 Å². The maximum atomic E-state index is 12.9. The maximum Gasteiger partial charge on any atom is 0.310 e. The number of nitrogens with one attached hydrogen (secondary N) is 2. The Kier molecular flexibility index (Phi) is 4.88. The highest BCUT2D eigenvalue weighted by molar-refractivity contribution is 8.45. The van der Waals surface area contributed by atoms with Gasteiger partial charge in [0.05, 0.1) is 4.90 Å². The van der Waals surface area contributed by atoms with Crippen molar-refractivity contribution in [2.24, 2.45) is 0 Å². The summed E-state index contributed by atoms with van der Waals surface area (Å²) < 4.78 is 90.1. The molecule has 0 unspecified atom stereocenters. The van der Waals surface area contributed by atoms with Gasteiger partial charge in [-0.05, 0) is 61.1 Å². The van der Waals surface area contributed by atoms with Crippen LogP contribution in [0.15, 0.2) is 76.7 Å². The second kappa shape index (κ2) is 6.65. The van der Waals surface area contributed by atoms with Crippen LogP contribution < -0.4 is 10.0 Å². The number of nitrogens with zero attached hydrogens (tertiary/aromatic N) is 1. The molecular formula is C18H16F5N3O2S2. The molecule has 30 heavy (non-hydrogen) atoms. The van der Waals surface area contributed by atoms with Crippen molar-refractivity contribution in [2.75, 3.05) is 12.4 Å². The van der Waals surface area contributed by atoms with Crippen LogP contribution in [-0.4, -0.2) is 20.4 Å². The Morgan fingerprint density at radius 1 is 0.867 bits per heavy atom. The number of halogens is 5. The number of rotatable bonds is 6. The summed E-state index contributed by atoms with van der Waals surface area (Å²) in [5, 5.41) is 2.79. The molecule has 0 aliphatic rings. The van der Waals surface area contributed by atoms with Gasteiger partial charge in [-0.25, -0.2) is 18.1 Å². The molecule has 1 aromatic heterocycles. The van der Waals surface area contributed by atoms with E-state index in [0.717, 1.165) is 12.1 Å². The van der Waals surface area contributed by atoms with E-state index >= 15 is 0 Å². The second-order valence-corrected chi connectivity index (χ2v) is 10.5. The summed E-state index contributed by atoms with van der Waals surface area (Å²) in [5.41, 5.74) is 1.24. The Morgan fingerprint density at radius 2 is 1.47 bits per heavy atom. The lowest BCUT2D eigenvalue weighted by atomic mass is 10.1. The second-order valence-electron chi connectivity index (χ2n) is 6.25. The zero-order chi connectivity index (χ0) is 22.3. The topological polar surface area (TPSA) is 71.1 Å². The highest BCUT2D eigenvalue weighted by atomic mass is 32.5. The van der Waals surface area contributed by atoms with Gasteiger partial charge >= 0.3 is 10.2 Å². The number of hydrogen-bond donors (Lipinski definition) is 2. The van der Waals surface area contributed by atoms with Crippen molar-refractivity contribution >= 4 is 31.8 Å². The van der Waals surface area contributed by atoms with Crippen molar-refractivity contribution in [3.05, 3.63) is 66.9 Å². The van der Waals surface area contributed by atoms with Gasteiger partial charge in [0.15, 0.2) is 0 Å². The van der Waals surface area contributed by atoms with Gasteiger partial charge in [0.25, 0.3) is 0 Å².